The summed E-state index contributed by atoms with van der Waals surface area (Å²) in [7, 11) is 1.29. The molecule has 1 fully saturated rings. The van der Waals surface area contributed by atoms with E-state index in [9.17, 15) is 9.59 Å². The summed E-state index contributed by atoms with van der Waals surface area (Å²) in [6.45, 7) is 0.641. The van der Waals surface area contributed by atoms with Crippen molar-refractivity contribution in [3.8, 4) is 0 Å². The Bertz CT molecular complexity index is 544. The highest BCUT2D eigenvalue weighted by Gasteiger charge is 2.33. The van der Waals surface area contributed by atoms with Crippen molar-refractivity contribution < 1.29 is 14.3 Å². The number of carbonyl (C=O) groups excluding carboxylic acids is 2. The van der Waals surface area contributed by atoms with Crippen molar-refractivity contribution in [3.63, 3.8) is 0 Å². The van der Waals surface area contributed by atoms with E-state index in [-0.39, 0.29) is 5.56 Å². The number of hydrogen-bond acceptors (Lipinski definition) is 3. The summed E-state index contributed by atoms with van der Waals surface area (Å²) in [4.78, 5) is 23.8. The van der Waals surface area contributed by atoms with Gasteiger partial charge in [-0.15, -0.1) is 0 Å². The molecule has 2 rings (SSSR count). The largest absolute Gasteiger partial charge is 0.464 e. The van der Waals surface area contributed by atoms with E-state index >= 15 is 0 Å². The van der Waals surface area contributed by atoms with Crippen molar-refractivity contribution in [1.29, 1.82) is 0 Å². The molecule has 116 valence electrons. The van der Waals surface area contributed by atoms with E-state index in [0.29, 0.717) is 18.2 Å². The standard InChI is InChI=1S/C14H16Cl3NO3/c1-21-13(20)11-7-10(12(19)14(15,16)17)8-18(11)6-5-9-3-2-4-9/h7-9H,2-6H2,1H3. The lowest BCUT2D eigenvalue weighted by atomic mass is 9.83. The third-order valence-electron chi connectivity index (χ3n) is 3.81. The summed E-state index contributed by atoms with van der Waals surface area (Å²) < 4.78 is 4.40. The van der Waals surface area contributed by atoms with Gasteiger partial charge in [-0.3, -0.25) is 4.79 Å². The predicted octanol–water partition coefficient (Wildman–Crippen LogP) is 4.02. The van der Waals surface area contributed by atoms with Gasteiger partial charge in [-0.2, -0.15) is 0 Å². The minimum absolute atomic E-state index is 0.198. The predicted molar refractivity (Wildman–Crippen MR) is 82.4 cm³/mol. The highest BCUT2D eigenvalue weighted by molar-refractivity contribution is 6.77. The number of halogens is 3. The molecule has 0 spiro atoms. The Kier molecular flexibility index (Phi) is 5.23. The number of hydrogen-bond donors (Lipinski definition) is 0. The van der Waals surface area contributed by atoms with Crippen LogP contribution >= 0.6 is 34.8 Å². The first-order chi connectivity index (χ1) is 9.82. The average Bonchev–Trinajstić information content (AvgIpc) is 2.78. The monoisotopic (exact) mass is 351 g/mol. The fourth-order valence-electron chi connectivity index (χ4n) is 2.36. The number of esters is 1. The van der Waals surface area contributed by atoms with Crippen molar-refractivity contribution in [2.45, 2.75) is 36.0 Å². The molecule has 21 heavy (non-hydrogen) atoms. The first-order valence-electron chi connectivity index (χ1n) is 6.73. The van der Waals surface area contributed by atoms with Gasteiger partial charge in [-0.05, 0) is 18.4 Å². The minimum Gasteiger partial charge on any atom is -0.464 e. The maximum Gasteiger partial charge on any atom is 0.354 e. The van der Waals surface area contributed by atoms with Gasteiger partial charge in [0.1, 0.15) is 5.69 Å². The smallest absolute Gasteiger partial charge is 0.354 e. The number of Topliss-reactive ketones (excluding diaryl/α,β-unsaturated/α-hetero) is 1. The summed E-state index contributed by atoms with van der Waals surface area (Å²) in [6.07, 6.45) is 6.20. The third-order valence-corrected chi connectivity index (χ3v) is 4.33. The number of carbonyl (C=O) groups is 2. The van der Waals surface area contributed by atoms with Crippen LogP contribution in [0.4, 0.5) is 0 Å². The summed E-state index contributed by atoms with van der Waals surface area (Å²) >= 11 is 16.8. The van der Waals surface area contributed by atoms with Gasteiger partial charge in [0, 0.05) is 18.3 Å². The second-order valence-electron chi connectivity index (χ2n) is 5.21. The molecule has 1 aromatic rings. The van der Waals surface area contributed by atoms with Crippen LogP contribution in [0.25, 0.3) is 0 Å². The van der Waals surface area contributed by atoms with E-state index in [2.05, 4.69) is 0 Å². The molecule has 1 heterocycles. The van der Waals surface area contributed by atoms with Crippen molar-refractivity contribution >= 4 is 46.6 Å². The van der Waals surface area contributed by atoms with Crippen molar-refractivity contribution in [2.75, 3.05) is 7.11 Å². The Morgan fingerprint density at radius 1 is 1.38 bits per heavy atom. The van der Waals surface area contributed by atoms with Crippen molar-refractivity contribution in [2.24, 2.45) is 5.92 Å². The van der Waals surface area contributed by atoms with Gasteiger partial charge in [-0.25, -0.2) is 4.79 Å². The molecule has 0 N–H and O–H groups in total. The zero-order valence-corrected chi connectivity index (χ0v) is 13.8. The zero-order chi connectivity index (χ0) is 15.6. The first-order valence-corrected chi connectivity index (χ1v) is 7.86. The highest BCUT2D eigenvalue weighted by Crippen LogP contribution is 2.32. The lowest BCUT2D eigenvalue weighted by Gasteiger charge is -2.25. The number of nitrogens with zero attached hydrogens (tertiary/aromatic N) is 1. The molecule has 1 aliphatic rings. The summed E-state index contributed by atoms with van der Waals surface area (Å²) in [5.41, 5.74) is 0.499. The Balaban J connectivity index is 2.21. The van der Waals surface area contributed by atoms with Crippen LogP contribution in [0.5, 0.6) is 0 Å². The van der Waals surface area contributed by atoms with Gasteiger partial charge < -0.3 is 9.30 Å². The van der Waals surface area contributed by atoms with Gasteiger partial charge in [-0.1, -0.05) is 54.1 Å². The van der Waals surface area contributed by atoms with Gasteiger partial charge in [0.25, 0.3) is 3.79 Å². The van der Waals surface area contributed by atoms with Crippen molar-refractivity contribution in [3.05, 3.63) is 23.5 Å². The summed E-state index contributed by atoms with van der Waals surface area (Å²) in [6, 6.07) is 1.41. The quantitative estimate of drug-likeness (QED) is 0.457. The fourth-order valence-corrected chi connectivity index (χ4v) is 2.69. The van der Waals surface area contributed by atoms with Crippen molar-refractivity contribution in [1.82, 2.24) is 4.57 Å². The van der Waals surface area contributed by atoms with Gasteiger partial charge >= 0.3 is 5.97 Å². The average molecular weight is 353 g/mol. The van der Waals surface area contributed by atoms with E-state index in [1.165, 1.54) is 32.4 Å². The topological polar surface area (TPSA) is 48.3 Å². The molecule has 0 aromatic carbocycles. The van der Waals surface area contributed by atoms with E-state index in [0.717, 1.165) is 6.42 Å². The van der Waals surface area contributed by atoms with Crippen LogP contribution in [0, 0.1) is 5.92 Å². The first kappa shape index (κ1) is 16.7. The van der Waals surface area contributed by atoms with Crippen LogP contribution in [-0.4, -0.2) is 27.2 Å². The molecule has 4 nitrogen and oxygen atoms in total. The Hall–Kier alpha value is -0.710. The zero-order valence-electron chi connectivity index (χ0n) is 11.6. The van der Waals surface area contributed by atoms with Gasteiger partial charge in [0.15, 0.2) is 0 Å². The van der Waals surface area contributed by atoms with E-state index in [1.54, 1.807) is 10.8 Å². The molecule has 0 saturated heterocycles. The molecule has 1 aliphatic carbocycles. The molecular weight excluding hydrogens is 337 g/mol. The van der Waals surface area contributed by atoms with Crippen LogP contribution in [0.15, 0.2) is 12.3 Å². The maximum atomic E-state index is 12.0. The van der Waals surface area contributed by atoms with Gasteiger partial charge in [0.2, 0.25) is 5.78 Å². The molecule has 0 bridgehead atoms. The van der Waals surface area contributed by atoms with Crippen LogP contribution in [0.1, 0.15) is 46.5 Å². The highest BCUT2D eigenvalue weighted by atomic mass is 35.6. The third kappa shape index (κ3) is 3.93. The van der Waals surface area contributed by atoms with E-state index in [1.807, 2.05) is 0 Å². The van der Waals surface area contributed by atoms with E-state index in [4.69, 9.17) is 39.5 Å². The second kappa shape index (κ2) is 6.59. The van der Waals surface area contributed by atoms with Crippen LogP contribution in [0.2, 0.25) is 0 Å². The second-order valence-corrected chi connectivity index (χ2v) is 7.49. The Morgan fingerprint density at radius 2 is 2.05 bits per heavy atom. The Labute approximate surface area is 138 Å². The Morgan fingerprint density at radius 3 is 2.52 bits per heavy atom. The number of ether oxygens (including phenoxy) is 1. The minimum atomic E-state index is -2.03. The molecule has 0 radical (unpaired) electrons. The lowest BCUT2D eigenvalue weighted by Crippen LogP contribution is -2.18. The molecule has 0 amide bonds. The number of rotatable bonds is 5. The molecule has 7 heteroatoms. The maximum absolute atomic E-state index is 12.0. The summed E-state index contributed by atoms with van der Waals surface area (Å²) in [5, 5.41) is 0. The van der Waals surface area contributed by atoms with Gasteiger partial charge in [0.05, 0.1) is 7.11 Å². The fraction of sp³-hybridized carbons (Fsp3) is 0.571. The lowest BCUT2D eigenvalue weighted by molar-refractivity contribution is 0.0587. The van der Waals surface area contributed by atoms with Crippen LogP contribution in [-0.2, 0) is 11.3 Å². The SMILES string of the molecule is COC(=O)c1cc(C(=O)C(Cl)(Cl)Cl)cn1CCC1CCC1. The summed E-state index contributed by atoms with van der Waals surface area (Å²) in [5.74, 6) is -0.475. The molecule has 0 atom stereocenters. The number of ketones is 1. The molecule has 0 unspecified atom stereocenters. The molecule has 1 saturated carbocycles. The van der Waals surface area contributed by atoms with Crippen LogP contribution in [0.3, 0.4) is 0 Å². The number of aryl methyl sites for hydroxylation is 1. The normalized spacial score (nSPS) is 15.6. The molecule has 0 aliphatic heterocycles. The van der Waals surface area contributed by atoms with Crippen LogP contribution < -0.4 is 0 Å². The number of aromatic nitrogens is 1. The van der Waals surface area contributed by atoms with E-state index < -0.39 is 15.5 Å². The number of alkyl halides is 3. The number of methoxy groups -OCH3 is 1. The molecular formula is C14H16Cl3NO3. The molecule has 1 aromatic heterocycles.